The van der Waals surface area contributed by atoms with Crippen LogP contribution in [-0.4, -0.2) is 29.6 Å². The molecule has 5 heteroatoms. The van der Waals surface area contributed by atoms with Crippen molar-refractivity contribution in [1.29, 1.82) is 0 Å². The van der Waals surface area contributed by atoms with Crippen LogP contribution >= 0.6 is 0 Å². The molecule has 0 aliphatic carbocycles. The Morgan fingerprint density at radius 3 is 2.76 bits per heavy atom. The van der Waals surface area contributed by atoms with Gasteiger partial charge in [0.25, 0.3) is 0 Å². The van der Waals surface area contributed by atoms with Crippen molar-refractivity contribution in [3.05, 3.63) is 34.8 Å². The molecule has 0 aliphatic rings. The number of rotatable bonds is 6. The number of carbonyl (C=O) groups is 1. The zero-order valence-corrected chi connectivity index (χ0v) is 12.6. The quantitative estimate of drug-likeness (QED) is 0.880. The van der Waals surface area contributed by atoms with E-state index in [1.165, 1.54) is 12.1 Å². The lowest BCUT2D eigenvalue weighted by Crippen LogP contribution is -2.19. The van der Waals surface area contributed by atoms with Crippen LogP contribution in [0.1, 0.15) is 41.4 Å². The maximum Gasteiger partial charge on any atom is 0.372 e. The fourth-order valence-corrected chi connectivity index (χ4v) is 2.47. The number of benzene rings is 1. The van der Waals surface area contributed by atoms with E-state index >= 15 is 0 Å². The Morgan fingerprint density at radius 2 is 2.14 bits per heavy atom. The average molecular weight is 293 g/mol. The van der Waals surface area contributed by atoms with Crippen LogP contribution in [-0.2, 0) is 6.54 Å². The molecule has 0 saturated heterocycles. The minimum atomic E-state index is -1.13. The van der Waals surface area contributed by atoms with Gasteiger partial charge in [0.1, 0.15) is 11.4 Å². The Morgan fingerprint density at radius 1 is 1.43 bits per heavy atom. The van der Waals surface area contributed by atoms with Gasteiger partial charge >= 0.3 is 5.97 Å². The Labute approximate surface area is 123 Å². The lowest BCUT2D eigenvalue weighted by Gasteiger charge is -2.16. The fourth-order valence-electron chi connectivity index (χ4n) is 2.47. The highest BCUT2D eigenvalue weighted by atomic mass is 19.1. The molecule has 0 saturated carbocycles. The highest BCUT2D eigenvalue weighted by molar-refractivity contribution is 5.95. The summed E-state index contributed by atoms with van der Waals surface area (Å²) in [4.78, 5) is 13.2. The van der Waals surface area contributed by atoms with Crippen molar-refractivity contribution in [2.75, 3.05) is 13.6 Å². The molecule has 0 radical (unpaired) electrons. The smallest absolute Gasteiger partial charge is 0.372 e. The Kier molecular flexibility index (Phi) is 4.63. The molecule has 4 nitrogen and oxygen atoms in total. The molecule has 2 aromatic rings. The average Bonchev–Trinajstić information content (AvgIpc) is 2.74. The van der Waals surface area contributed by atoms with Crippen molar-refractivity contribution in [2.45, 2.75) is 33.2 Å². The van der Waals surface area contributed by atoms with Crippen molar-refractivity contribution < 1.29 is 18.7 Å². The third-order valence-corrected chi connectivity index (χ3v) is 3.61. The van der Waals surface area contributed by atoms with Crippen LogP contribution < -0.4 is 0 Å². The SMILES string of the molecule is CCCCN(C)Cc1cc(F)cc2c(C)c(C(=O)O)oc12. The van der Waals surface area contributed by atoms with Crippen LogP contribution in [0.2, 0.25) is 0 Å². The van der Waals surface area contributed by atoms with Crippen molar-refractivity contribution in [3.8, 4) is 0 Å². The lowest BCUT2D eigenvalue weighted by molar-refractivity contribution is 0.0664. The third kappa shape index (κ3) is 3.24. The van der Waals surface area contributed by atoms with Crippen LogP contribution in [0.5, 0.6) is 0 Å². The van der Waals surface area contributed by atoms with E-state index in [-0.39, 0.29) is 11.6 Å². The zero-order valence-electron chi connectivity index (χ0n) is 12.6. The van der Waals surface area contributed by atoms with Crippen molar-refractivity contribution >= 4 is 16.9 Å². The molecule has 0 bridgehead atoms. The Hall–Kier alpha value is -1.88. The second kappa shape index (κ2) is 6.26. The second-order valence-electron chi connectivity index (χ2n) is 5.39. The number of furan rings is 1. The molecule has 0 fully saturated rings. The molecule has 0 aliphatic heterocycles. The molecule has 0 atom stereocenters. The van der Waals surface area contributed by atoms with Gasteiger partial charge in [-0.25, -0.2) is 9.18 Å². The van der Waals surface area contributed by atoms with Crippen LogP contribution in [0.4, 0.5) is 4.39 Å². The van der Waals surface area contributed by atoms with Gasteiger partial charge in [-0.1, -0.05) is 13.3 Å². The van der Waals surface area contributed by atoms with E-state index in [2.05, 4.69) is 11.8 Å². The molecule has 0 spiro atoms. The summed E-state index contributed by atoms with van der Waals surface area (Å²) in [6.07, 6.45) is 2.15. The predicted molar refractivity (Wildman–Crippen MR) is 79.1 cm³/mol. The number of carboxylic acid groups (broad SMARTS) is 1. The second-order valence-corrected chi connectivity index (χ2v) is 5.39. The molecule has 2 rings (SSSR count). The Balaban J connectivity index is 2.43. The molecule has 1 aromatic carbocycles. The van der Waals surface area contributed by atoms with Gasteiger partial charge in [0, 0.05) is 23.1 Å². The normalized spacial score (nSPS) is 11.5. The number of hydrogen-bond donors (Lipinski definition) is 1. The van der Waals surface area contributed by atoms with Crippen molar-refractivity contribution in [1.82, 2.24) is 4.90 Å². The number of aromatic carboxylic acids is 1. The summed E-state index contributed by atoms with van der Waals surface area (Å²) in [5.41, 5.74) is 1.61. The van der Waals surface area contributed by atoms with E-state index in [4.69, 9.17) is 9.52 Å². The topological polar surface area (TPSA) is 53.7 Å². The van der Waals surface area contributed by atoms with E-state index in [1.807, 2.05) is 7.05 Å². The van der Waals surface area contributed by atoms with Gasteiger partial charge in [0.15, 0.2) is 0 Å². The maximum atomic E-state index is 13.8. The number of fused-ring (bicyclic) bond motifs is 1. The summed E-state index contributed by atoms with van der Waals surface area (Å²) in [7, 11) is 1.96. The summed E-state index contributed by atoms with van der Waals surface area (Å²) in [5, 5.41) is 9.66. The number of nitrogens with zero attached hydrogens (tertiary/aromatic N) is 1. The Bertz CT molecular complexity index is 663. The number of aryl methyl sites for hydroxylation is 1. The maximum absolute atomic E-state index is 13.8. The molecular formula is C16H20FNO3. The molecule has 1 aromatic heterocycles. The van der Waals surface area contributed by atoms with E-state index in [9.17, 15) is 9.18 Å². The lowest BCUT2D eigenvalue weighted by atomic mass is 10.1. The molecule has 1 N–H and O–H groups in total. The van der Waals surface area contributed by atoms with E-state index < -0.39 is 5.97 Å². The molecule has 0 amide bonds. The summed E-state index contributed by atoms with van der Waals surface area (Å²) in [6.45, 7) is 5.18. The largest absolute Gasteiger partial charge is 0.475 e. The van der Waals surface area contributed by atoms with Gasteiger partial charge in [-0.2, -0.15) is 0 Å². The zero-order chi connectivity index (χ0) is 15.6. The summed E-state index contributed by atoms with van der Waals surface area (Å²) < 4.78 is 19.2. The van der Waals surface area contributed by atoms with Gasteiger partial charge in [-0.05, 0) is 39.1 Å². The van der Waals surface area contributed by atoms with Gasteiger partial charge in [0.2, 0.25) is 5.76 Å². The van der Waals surface area contributed by atoms with Crippen LogP contribution in [0.3, 0.4) is 0 Å². The highest BCUT2D eigenvalue weighted by Crippen LogP contribution is 2.30. The first-order valence-electron chi connectivity index (χ1n) is 7.07. The molecule has 1 heterocycles. The van der Waals surface area contributed by atoms with Gasteiger partial charge in [-0.3, -0.25) is 0 Å². The minimum absolute atomic E-state index is 0.118. The fraction of sp³-hybridized carbons (Fsp3) is 0.438. The van der Waals surface area contributed by atoms with Crippen molar-refractivity contribution in [3.63, 3.8) is 0 Å². The third-order valence-electron chi connectivity index (χ3n) is 3.61. The van der Waals surface area contributed by atoms with Crippen LogP contribution in [0.15, 0.2) is 16.5 Å². The van der Waals surface area contributed by atoms with E-state index in [0.717, 1.165) is 19.4 Å². The molecule has 21 heavy (non-hydrogen) atoms. The number of hydrogen-bond acceptors (Lipinski definition) is 3. The minimum Gasteiger partial charge on any atom is -0.475 e. The van der Waals surface area contributed by atoms with Crippen LogP contribution in [0, 0.1) is 12.7 Å². The summed E-state index contributed by atoms with van der Waals surface area (Å²) in [5.74, 6) is -1.62. The first kappa shape index (κ1) is 15.5. The number of carboxylic acids is 1. The van der Waals surface area contributed by atoms with E-state index in [0.29, 0.717) is 28.6 Å². The molecular weight excluding hydrogens is 273 g/mol. The summed E-state index contributed by atoms with van der Waals surface area (Å²) in [6, 6.07) is 2.75. The van der Waals surface area contributed by atoms with Crippen molar-refractivity contribution in [2.24, 2.45) is 0 Å². The highest BCUT2D eigenvalue weighted by Gasteiger charge is 2.20. The molecule has 114 valence electrons. The van der Waals surface area contributed by atoms with E-state index in [1.54, 1.807) is 6.92 Å². The monoisotopic (exact) mass is 293 g/mol. The predicted octanol–water partition coefficient (Wildman–Crippen LogP) is 3.81. The number of halogens is 1. The van der Waals surface area contributed by atoms with Gasteiger partial charge < -0.3 is 14.4 Å². The van der Waals surface area contributed by atoms with Gasteiger partial charge in [-0.15, -0.1) is 0 Å². The first-order chi connectivity index (χ1) is 9.93. The summed E-state index contributed by atoms with van der Waals surface area (Å²) >= 11 is 0. The van der Waals surface area contributed by atoms with Gasteiger partial charge in [0.05, 0.1) is 0 Å². The standard InChI is InChI=1S/C16H20FNO3/c1-4-5-6-18(3)9-11-7-12(17)8-13-10(2)14(16(19)20)21-15(11)13/h7-8H,4-6,9H2,1-3H3,(H,19,20). The first-order valence-corrected chi connectivity index (χ1v) is 7.07. The number of unbranched alkanes of at least 4 members (excludes halogenated alkanes) is 1. The molecule has 0 unspecified atom stereocenters. The van der Waals surface area contributed by atoms with Crippen LogP contribution in [0.25, 0.3) is 11.0 Å².